The molecule has 3 heteroatoms. The molecule has 0 saturated heterocycles. The van der Waals surface area contributed by atoms with E-state index >= 15 is 0 Å². The molecule has 102 valence electrons. The summed E-state index contributed by atoms with van der Waals surface area (Å²) < 4.78 is 0.884. The first-order chi connectivity index (χ1) is 9.66. The molecule has 0 radical (unpaired) electrons. The molecule has 0 amide bonds. The molecule has 1 aliphatic carbocycles. The van der Waals surface area contributed by atoms with Crippen molar-refractivity contribution in [1.82, 2.24) is 0 Å². The van der Waals surface area contributed by atoms with Crippen LogP contribution in [-0.4, -0.2) is 5.78 Å². The van der Waals surface area contributed by atoms with Crippen molar-refractivity contribution in [3.05, 3.63) is 68.7 Å². The summed E-state index contributed by atoms with van der Waals surface area (Å²) in [4.78, 5) is 12.8. The van der Waals surface area contributed by atoms with E-state index in [4.69, 9.17) is 11.6 Å². The zero-order valence-electron chi connectivity index (χ0n) is 10.9. The van der Waals surface area contributed by atoms with Gasteiger partial charge in [-0.2, -0.15) is 0 Å². The third-order valence-electron chi connectivity index (χ3n) is 3.88. The smallest absolute Gasteiger partial charge is 0.171 e. The maximum absolute atomic E-state index is 12.8. The number of Topliss-reactive ketones (excluding diaryl/α,β-unsaturated/α-hetero) is 1. The van der Waals surface area contributed by atoms with Crippen molar-refractivity contribution in [1.29, 1.82) is 0 Å². The van der Waals surface area contributed by atoms with E-state index in [1.807, 2.05) is 24.3 Å². The Labute approximate surface area is 132 Å². The Balaban J connectivity index is 2.02. The summed E-state index contributed by atoms with van der Waals surface area (Å²) >= 11 is 9.61. The van der Waals surface area contributed by atoms with Crippen LogP contribution < -0.4 is 0 Å². The van der Waals surface area contributed by atoms with Crippen LogP contribution in [0.2, 0.25) is 5.02 Å². The molecule has 1 atom stereocenters. The van der Waals surface area contributed by atoms with Crippen LogP contribution in [0.15, 0.2) is 46.9 Å². The Morgan fingerprint density at radius 1 is 1.20 bits per heavy atom. The van der Waals surface area contributed by atoms with Crippen molar-refractivity contribution in [2.75, 3.05) is 0 Å². The lowest BCUT2D eigenvalue weighted by atomic mass is 9.79. The Morgan fingerprint density at radius 2 is 2.00 bits per heavy atom. The minimum absolute atomic E-state index is 0.0632. The van der Waals surface area contributed by atoms with Gasteiger partial charge in [0.1, 0.15) is 0 Å². The maximum atomic E-state index is 12.8. The molecule has 1 aliphatic rings. The van der Waals surface area contributed by atoms with E-state index in [0.29, 0.717) is 10.6 Å². The lowest BCUT2D eigenvalue weighted by Crippen LogP contribution is -2.19. The number of rotatable bonds is 2. The number of hydrogen-bond donors (Lipinski definition) is 0. The predicted octanol–water partition coefficient (Wildman–Crippen LogP) is 5.41. The molecule has 0 bridgehead atoms. The van der Waals surface area contributed by atoms with Gasteiger partial charge in [0, 0.05) is 16.0 Å². The number of hydrogen-bond acceptors (Lipinski definition) is 1. The molecule has 0 aliphatic heterocycles. The van der Waals surface area contributed by atoms with Gasteiger partial charge in [-0.25, -0.2) is 0 Å². The van der Waals surface area contributed by atoms with Crippen LogP contribution in [0, 0.1) is 0 Å². The Morgan fingerprint density at radius 3 is 2.85 bits per heavy atom. The van der Waals surface area contributed by atoms with Gasteiger partial charge in [0.2, 0.25) is 0 Å². The van der Waals surface area contributed by atoms with E-state index in [2.05, 4.69) is 28.1 Å². The van der Waals surface area contributed by atoms with Gasteiger partial charge in [-0.15, -0.1) is 0 Å². The van der Waals surface area contributed by atoms with E-state index in [9.17, 15) is 4.79 Å². The van der Waals surface area contributed by atoms with Crippen molar-refractivity contribution in [2.24, 2.45) is 0 Å². The first-order valence-corrected chi connectivity index (χ1v) is 7.91. The van der Waals surface area contributed by atoms with Crippen molar-refractivity contribution in [2.45, 2.75) is 25.2 Å². The number of halogens is 2. The largest absolute Gasteiger partial charge is 0.293 e. The second kappa shape index (κ2) is 5.71. The SMILES string of the molecule is O=C(c1cc(Br)ccc1Cl)C1CCCc2ccccc21. The Kier molecular flexibility index (Phi) is 3.95. The van der Waals surface area contributed by atoms with Crippen LogP contribution in [0.1, 0.15) is 40.2 Å². The number of fused-ring (bicyclic) bond motifs is 1. The van der Waals surface area contributed by atoms with Crippen LogP contribution in [0.3, 0.4) is 0 Å². The fraction of sp³-hybridized carbons (Fsp3) is 0.235. The number of ketones is 1. The molecule has 0 spiro atoms. The summed E-state index contributed by atoms with van der Waals surface area (Å²) in [5.74, 6) is 0.0650. The quantitative estimate of drug-likeness (QED) is 0.663. The van der Waals surface area contributed by atoms with E-state index in [0.717, 1.165) is 23.7 Å². The Hall–Kier alpha value is -1.12. The third-order valence-corrected chi connectivity index (χ3v) is 4.70. The Bertz CT molecular complexity index is 666. The molecule has 1 unspecified atom stereocenters. The topological polar surface area (TPSA) is 17.1 Å². The summed E-state index contributed by atoms with van der Waals surface area (Å²) in [6, 6.07) is 13.7. The molecule has 3 rings (SSSR count). The lowest BCUT2D eigenvalue weighted by Gasteiger charge is -2.24. The molecule has 0 saturated carbocycles. The van der Waals surface area contributed by atoms with Gasteiger partial charge in [-0.05, 0) is 48.6 Å². The van der Waals surface area contributed by atoms with Crippen molar-refractivity contribution in [3.8, 4) is 0 Å². The second-order valence-corrected chi connectivity index (χ2v) is 6.45. The first kappa shape index (κ1) is 13.8. The molecule has 2 aromatic carbocycles. The highest BCUT2D eigenvalue weighted by Gasteiger charge is 2.28. The van der Waals surface area contributed by atoms with Crippen LogP contribution in [-0.2, 0) is 6.42 Å². The second-order valence-electron chi connectivity index (χ2n) is 5.13. The number of carbonyl (C=O) groups excluding carboxylic acids is 1. The van der Waals surface area contributed by atoms with Crippen LogP contribution in [0.25, 0.3) is 0 Å². The molecule has 0 N–H and O–H groups in total. The van der Waals surface area contributed by atoms with Crippen molar-refractivity contribution in [3.63, 3.8) is 0 Å². The van der Waals surface area contributed by atoms with Crippen LogP contribution in [0.5, 0.6) is 0 Å². The minimum atomic E-state index is -0.0632. The standard InChI is InChI=1S/C17H14BrClO/c18-12-8-9-16(19)15(10-12)17(20)14-7-3-5-11-4-1-2-6-13(11)14/h1-2,4,6,8-10,14H,3,5,7H2. The lowest BCUT2D eigenvalue weighted by molar-refractivity contribution is 0.0951. The van der Waals surface area contributed by atoms with Crippen molar-refractivity contribution >= 4 is 33.3 Å². The molecule has 1 nitrogen and oxygen atoms in total. The van der Waals surface area contributed by atoms with E-state index in [-0.39, 0.29) is 11.7 Å². The first-order valence-electron chi connectivity index (χ1n) is 6.74. The zero-order chi connectivity index (χ0) is 14.1. The number of benzene rings is 2. The molecule has 2 aromatic rings. The zero-order valence-corrected chi connectivity index (χ0v) is 13.2. The molecule has 0 aromatic heterocycles. The molecular weight excluding hydrogens is 336 g/mol. The molecule has 0 fully saturated rings. The fourth-order valence-electron chi connectivity index (χ4n) is 2.90. The van der Waals surface area contributed by atoms with E-state index in [1.165, 1.54) is 11.1 Å². The van der Waals surface area contributed by atoms with Gasteiger partial charge in [-0.1, -0.05) is 51.8 Å². The van der Waals surface area contributed by atoms with Gasteiger partial charge < -0.3 is 0 Å². The number of aryl methyl sites for hydroxylation is 1. The van der Waals surface area contributed by atoms with Gasteiger partial charge in [0.25, 0.3) is 0 Å². The minimum Gasteiger partial charge on any atom is -0.293 e. The molecular formula is C17H14BrClO. The summed E-state index contributed by atoms with van der Waals surface area (Å²) in [7, 11) is 0. The summed E-state index contributed by atoms with van der Waals surface area (Å²) in [6.45, 7) is 0. The normalized spacial score (nSPS) is 17.6. The molecule has 0 heterocycles. The predicted molar refractivity (Wildman–Crippen MR) is 85.6 cm³/mol. The van der Waals surface area contributed by atoms with Gasteiger partial charge in [0.05, 0.1) is 5.02 Å². The summed E-state index contributed by atoms with van der Waals surface area (Å²) in [5.41, 5.74) is 3.07. The fourth-order valence-corrected chi connectivity index (χ4v) is 3.47. The highest BCUT2D eigenvalue weighted by atomic mass is 79.9. The highest BCUT2D eigenvalue weighted by molar-refractivity contribution is 9.10. The van der Waals surface area contributed by atoms with Crippen LogP contribution >= 0.6 is 27.5 Å². The summed E-state index contributed by atoms with van der Waals surface area (Å²) in [6.07, 6.45) is 3.02. The van der Waals surface area contributed by atoms with Gasteiger partial charge in [0.15, 0.2) is 5.78 Å². The average Bonchev–Trinajstić information content (AvgIpc) is 2.48. The van der Waals surface area contributed by atoms with E-state index < -0.39 is 0 Å². The monoisotopic (exact) mass is 348 g/mol. The average molecular weight is 350 g/mol. The van der Waals surface area contributed by atoms with E-state index in [1.54, 1.807) is 6.07 Å². The number of carbonyl (C=O) groups is 1. The third kappa shape index (κ3) is 2.55. The van der Waals surface area contributed by atoms with Crippen LogP contribution in [0.4, 0.5) is 0 Å². The summed E-state index contributed by atoms with van der Waals surface area (Å²) in [5, 5.41) is 0.529. The molecule has 20 heavy (non-hydrogen) atoms. The van der Waals surface area contributed by atoms with Crippen molar-refractivity contribution < 1.29 is 4.79 Å². The highest BCUT2D eigenvalue weighted by Crippen LogP contribution is 2.35. The van der Waals surface area contributed by atoms with Gasteiger partial charge >= 0.3 is 0 Å². The maximum Gasteiger partial charge on any atom is 0.171 e. The van der Waals surface area contributed by atoms with Gasteiger partial charge in [-0.3, -0.25) is 4.79 Å².